The topological polar surface area (TPSA) is 116 Å². The number of fused-ring (bicyclic) bond motifs is 2. The van der Waals surface area contributed by atoms with Crippen LogP contribution in [0.15, 0.2) is 30.7 Å². The summed E-state index contributed by atoms with van der Waals surface area (Å²) in [7, 11) is 12.2. The summed E-state index contributed by atoms with van der Waals surface area (Å²) < 4.78 is 15.7. The predicted octanol–water partition coefficient (Wildman–Crippen LogP) is 0.504. The summed E-state index contributed by atoms with van der Waals surface area (Å²) in [6.07, 6.45) is 5.30. The number of carbonyl (C=O) groups excluding carboxylic acids is 1. The van der Waals surface area contributed by atoms with Crippen LogP contribution < -0.4 is 10.2 Å². The van der Waals surface area contributed by atoms with Crippen LogP contribution in [0, 0.1) is 5.82 Å². The lowest BCUT2D eigenvalue weighted by Crippen LogP contribution is -2.64. The van der Waals surface area contributed by atoms with Crippen molar-refractivity contribution in [3.63, 3.8) is 0 Å². The Labute approximate surface area is 186 Å². The van der Waals surface area contributed by atoms with Gasteiger partial charge in [0.25, 0.3) is 5.91 Å². The number of halogens is 1. The molecule has 0 saturated heterocycles. The average Bonchev–Trinajstić information content (AvgIpc) is 3.16. The van der Waals surface area contributed by atoms with Crippen molar-refractivity contribution in [3.05, 3.63) is 47.8 Å². The van der Waals surface area contributed by atoms with E-state index in [-0.39, 0.29) is 22.6 Å². The highest BCUT2D eigenvalue weighted by molar-refractivity contribution is 6.26. The van der Waals surface area contributed by atoms with Gasteiger partial charge in [-0.2, -0.15) is 5.10 Å². The van der Waals surface area contributed by atoms with Crippen LogP contribution in [0.3, 0.4) is 0 Å². The van der Waals surface area contributed by atoms with E-state index in [1.165, 1.54) is 17.6 Å². The molecule has 0 aromatic carbocycles. The Balaban J connectivity index is 2.05. The zero-order valence-corrected chi connectivity index (χ0v) is 17.7. The summed E-state index contributed by atoms with van der Waals surface area (Å²) in [6, 6.07) is 1.53. The Morgan fingerprint density at radius 1 is 1.31 bits per heavy atom. The lowest BCUT2D eigenvalue weighted by atomic mass is 9.54. The fraction of sp³-hybridized carbons (Fsp3) is 0.400. The Kier molecular flexibility index (Phi) is 5.46. The van der Waals surface area contributed by atoms with Crippen LogP contribution in [-0.2, 0) is 5.50 Å². The van der Waals surface area contributed by atoms with Crippen LogP contribution in [0.4, 0.5) is 15.9 Å². The highest BCUT2D eigenvalue weighted by Gasteiger charge is 2.49. The van der Waals surface area contributed by atoms with Crippen molar-refractivity contribution in [2.24, 2.45) is 0 Å². The van der Waals surface area contributed by atoms with E-state index >= 15 is 0 Å². The van der Waals surface area contributed by atoms with Crippen molar-refractivity contribution in [1.29, 1.82) is 0 Å². The summed E-state index contributed by atoms with van der Waals surface area (Å²) >= 11 is 0. The van der Waals surface area contributed by atoms with E-state index in [1.54, 1.807) is 17.2 Å². The first-order valence-corrected chi connectivity index (χ1v) is 10.2. The van der Waals surface area contributed by atoms with E-state index in [0.29, 0.717) is 18.8 Å². The number of unbranched alkanes of at least 4 members (excludes halogenated alkanes) is 1. The van der Waals surface area contributed by atoms with E-state index in [9.17, 15) is 19.4 Å². The Morgan fingerprint density at radius 2 is 2.06 bits per heavy atom. The second kappa shape index (κ2) is 7.86. The maximum absolute atomic E-state index is 14.3. The molecule has 32 heavy (non-hydrogen) atoms. The molecule has 12 heteroatoms. The molecular formula is C20H21B2FN6O3. The molecule has 0 spiro atoms. The molecule has 4 heterocycles. The van der Waals surface area contributed by atoms with Crippen LogP contribution in [0.1, 0.15) is 42.7 Å². The van der Waals surface area contributed by atoms with Gasteiger partial charge in [-0.1, -0.05) is 13.3 Å². The molecule has 3 unspecified atom stereocenters. The zero-order valence-electron chi connectivity index (χ0n) is 17.7. The molecule has 0 fully saturated rings. The Bertz CT molecular complexity index is 1190. The van der Waals surface area contributed by atoms with Crippen molar-refractivity contribution in [2.45, 2.75) is 43.7 Å². The number of carbonyl (C=O) groups is 1. The molecule has 162 valence electrons. The van der Waals surface area contributed by atoms with Gasteiger partial charge in [-0.05, 0) is 19.4 Å². The number of pyridine rings is 1. The van der Waals surface area contributed by atoms with Gasteiger partial charge in [0.05, 0.1) is 34.8 Å². The lowest BCUT2D eigenvalue weighted by Gasteiger charge is -2.45. The quantitative estimate of drug-likeness (QED) is 0.515. The molecular weight excluding hydrogens is 413 g/mol. The SMILES string of the molecule is [B]C1(O)c2ncc(F)cc2N(CCCC)c2ccn3ncc(c3n2)C(=O)NC(C)C1([B])O. The molecule has 3 aromatic heterocycles. The number of nitrogens with one attached hydrogen (secondary N) is 1. The van der Waals surface area contributed by atoms with Crippen LogP contribution >= 0.6 is 0 Å². The summed E-state index contributed by atoms with van der Waals surface area (Å²) in [5.41, 5.74) is -5.04. The minimum atomic E-state index is -2.67. The predicted molar refractivity (Wildman–Crippen MR) is 116 cm³/mol. The number of hydrogen-bond donors (Lipinski definition) is 3. The first-order chi connectivity index (χ1) is 15.1. The standard InChI is InChI=1S/C20H21B2FN6O3/c1-3-4-6-28-14-8-12(23)9-24-16(14)20(22,32)19(21,31)11(2)26-18(30)13-10-25-29-7-5-15(28)27-17(13)29/h5,7-11,31-32H,3-4,6H2,1-2H3,(H,26,30). The van der Waals surface area contributed by atoms with Crippen molar-refractivity contribution in [2.75, 3.05) is 11.4 Å². The number of hydrogen-bond acceptors (Lipinski definition) is 7. The molecule has 0 saturated carbocycles. The van der Waals surface area contributed by atoms with E-state index in [1.807, 2.05) is 6.92 Å². The van der Waals surface area contributed by atoms with Gasteiger partial charge >= 0.3 is 0 Å². The van der Waals surface area contributed by atoms with Crippen LogP contribution in [0.25, 0.3) is 5.65 Å². The van der Waals surface area contributed by atoms with Crippen LogP contribution in [-0.4, -0.2) is 69.5 Å². The maximum atomic E-state index is 14.3. The summed E-state index contributed by atoms with van der Waals surface area (Å²) in [5.74, 6) is -0.954. The van der Waals surface area contributed by atoms with Gasteiger partial charge < -0.3 is 20.4 Å². The maximum Gasteiger partial charge on any atom is 0.257 e. The summed E-state index contributed by atoms with van der Waals surface area (Å²) in [4.78, 5) is 23.1. The second-order valence-corrected chi connectivity index (χ2v) is 7.93. The fourth-order valence-electron chi connectivity index (χ4n) is 3.68. The molecule has 1 aliphatic heterocycles. The number of anilines is 2. The molecule has 3 N–H and O–H groups in total. The number of nitrogens with zero attached hydrogens (tertiary/aromatic N) is 5. The molecule has 1 amide bonds. The van der Waals surface area contributed by atoms with Crippen molar-refractivity contribution < 1.29 is 19.4 Å². The molecule has 2 bridgehead atoms. The van der Waals surface area contributed by atoms with Crippen LogP contribution in [0.2, 0.25) is 0 Å². The third-order valence-corrected chi connectivity index (χ3v) is 5.72. The van der Waals surface area contributed by atoms with Gasteiger partial charge in [0.15, 0.2) is 5.65 Å². The van der Waals surface area contributed by atoms with Crippen molar-refractivity contribution >= 4 is 38.8 Å². The van der Waals surface area contributed by atoms with Gasteiger partial charge in [-0.3, -0.25) is 9.78 Å². The average molecular weight is 434 g/mol. The zero-order chi connectivity index (χ0) is 23.3. The smallest absolute Gasteiger partial charge is 0.257 e. The van der Waals surface area contributed by atoms with Gasteiger partial charge in [0.1, 0.15) is 32.9 Å². The highest BCUT2D eigenvalue weighted by atomic mass is 19.1. The Hall–Kier alpha value is -2.98. The minimum absolute atomic E-state index is 0.0874. The molecule has 3 atom stereocenters. The molecule has 0 aliphatic carbocycles. The van der Waals surface area contributed by atoms with Gasteiger partial charge in [-0.15, -0.1) is 0 Å². The molecule has 3 aromatic rings. The van der Waals surface area contributed by atoms with Crippen molar-refractivity contribution in [1.82, 2.24) is 24.9 Å². The van der Waals surface area contributed by atoms with Crippen LogP contribution in [0.5, 0.6) is 0 Å². The fourth-order valence-corrected chi connectivity index (χ4v) is 3.68. The van der Waals surface area contributed by atoms with Gasteiger partial charge in [-0.25, -0.2) is 13.9 Å². The number of aromatic nitrogens is 4. The third kappa shape index (κ3) is 3.43. The molecule has 4 radical (unpaired) electrons. The van der Waals surface area contributed by atoms with Crippen molar-refractivity contribution in [3.8, 4) is 0 Å². The molecule has 1 aliphatic rings. The number of aliphatic hydroxyl groups is 2. The van der Waals surface area contributed by atoms with Gasteiger partial charge in [0.2, 0.25) is 0 Å². The summed E-state index contributed by atoms with van der Waals surface area (Å²) in [5, 5.41) is 28.9. The van der Waals surface area contributed by atoms with E-state index in [4.69, 9.17) is 15.7 Å². The largest absolute Gasteiger partial charge is 0.395 e. The first kappa shape index (κ1) is 22.2. The highest BCUT2D eigenvalue weighted by Crippen LogP contribution is 2.38. The number of rotatable bonds is 3. The summed E-state index contributed by atoms with van der Waals surface area (Å²) in [6.45, 7) is 3.73. The second-order valence-electron chi connectivity index (χ2n) is 7.93. The molecule has 4 rings (SSSR count). The Morgan fingerprint density at radius 3 is 2.78 bits per heavy atom. The third-order valence-electron chi connectivity index (χ3n) is 5.72. The molecule has 9 nitrogen and oxygen atoms in total. The van der Waals surface area contributed by atoms with Gasteiger partial charge in [0, 0.05) is 24.8 Å². The monoisotopic (exact) mass is 434 g/mol. The first-order valence-electron chi connectivity index (χ1n) is 10.2. The normalized spacial score (nSPS) is 25.8. The van der Waals surface area contributed by atoms with E-state index in [0.717, 1.165) is 18.7 Å². The van der Waals surface area contributed by atoms with E-state index in [2.05, 4.69) is 20.4 Å². The lowest BCUT2D eigenvalue weighted by molar-refractivity contribution is -0.0673. The van der Waals surface area contributed by atoms with E-state index < -0.39 is 28.8 Å². The minimum Gasteiger partial charge on any atom is -0.395 e. The number of amides is 1.